The number of halogens is 1. The number of hydrogen-bond acceptors (Lipinski definition) is 4. The topological polar surface area (TPSA) is 59.7 Å². The monoisotopic (exact) mass is 440 g/mol. The zero-order valence-corrected chi connectivity index (χ0v) is 19.5. The molecule has 0 saturated carbocycles. The Kier molecular flexibility index (Phi) is 8.20. The first-order chi connectivity index (χ1) is 15.5. The Balaban J connectivity index is 2.11. The van der Waals surface area contributed by atoms with Gasteiger partial charge < -0.3 is 9.64 Å². The van der Waals surface area contributed by atoms with Crippen LogP contribution in [0.1, 0.15) is 50.6 Å². The Labute approximate surface area is 189 Å². The lowest BCUT2D eigenvalue weighted by molar-refractivity contribution is -0.130. The van der Waals surface area contributed by atoms with Crippen molar-refractivity contribution in [1.29, 1.82) is 0 Å². The highest BCUT2D eigenvalue weighted by atomic mass is 19.1. The van der Waals surface area contributed by atoms with Gasteiger partial charge in [-0.1, -0.05) is 13.3 Å². The maximum absolute atomic E-state index is 13.0. The summed E-state index contributed by atoms with van der Waals surface area (Å²) >= 11 is 0. The predicted octanol–water partition coefficient (Wildman–Crippen LogP) is 4.81. The molecule has 1 aromatic carbocycles. The second kappa shape index (κ2) is 11.1. The fourth-order valence-corrected chi connectivity index (χ4v) is 3.89. The third kappa shape index (κ3) is 5.26. The molecule has 0 aliphatic heterocycles. The summed E-state index contributed by atoms with van der Waals surface area (Å²) in [6.45, 7) is 8.95. The van der Waals surface area contributed by atoms with E-state index in [2.05, 4.69) is 13.0 Å². The number of rotatable bonds is 11. The van der Waals surface area contributed by atoms with E-state index >= 15 is 0 Å². The number of aromatic nitrogens is 3. The summed E-state index contributed by atoms with van der Waals surface area (Å²) in [7, 11) is 0. The van der Waals surface area contributed by atoms with Crippen LogP contribution in [0.25, 0.3) is 16.9 Å². The van der Waals surface area contributed by atoms with Crippen LogP contribution in [0, 0.1) is 6.92 Å². The number of hydrogen-bond donors (Lipinski definition) is 0. The third-order valence-electron chi connectivity index (χ3n) is 5.59. The second-order valence-corrected chi connectivity index (χ2v) is 7.86. The van der Waals surface area contributed by atoms with E-state index in [1.165, 1.54) is 0 Å². The van der Waals surface area contributed by atoms with Crippen LogP contribution in [0.15, 0.2) is 30.3 Å². The maximum atomic E-state index is 13.0. The number of aryl methyl sites for hydroxylation is 2. The second-order valence-electron chi connectivity index (χ2n) is 7.86. The minimum absolute atomic E-state index is 0.0291. The van der Waals surface area contributed by atoms with Crippen molar-refractivity contribution in [2.45, 2.75) is 53.4 Å². The molecule has 3 aromatic rings. The van der Waals surface area contributed by atoms with Crippen molar-refractivity contribution in [3.63, 3.8) is 0 Å². The normalized spacial score (nSPS) is 11.2. The highest BCUT2D eigenvalue weighted by Crippen LogP contribution is 2.29. The summed E-state index contributed by atoms with van der Waals surface area (Å²) in [5, 5.41) is 4.92. The van der Waals surface area contributed by atoms with E-state index in [4.69, 9.17) is 14.8 Å². The van der Waals surface area contributed by atoms with Gasteiger partial charge in [-0.25, -0.2) is 13.9 Å². The van der Waals surface area contributed by atoms with Crippen LogP contribution in [0.5, 0.6) is 5.75 Å². The number of carbonyl (C=O) groups is 1. The van der Waals surface area contributed by atoms with E-state index in [0.29, 0.717) is 18.8 Å². The average molecular weight is 441 g/mol. The molecule has 0 spiro atoms. The summed E-state index contributed by atoms with van der Waals surface area (Å²) in [5.41, 5.74) is 5.22. The minimum Gasteiger partial charge on any atom is -0.491 e. The van der Waals surface area contributed by atoms with E-state index in [0.717, 1.165) is 53.1 Å². The molecule has 172 valence electrons. The van der Waals surface area contributed by atoms with Crippen LogP contribution in [0.3, 0.4) is 0 Å². The molecule has 0 fully saturated rings. The van der Waals surface area contributed by atoms with Crippen LogP contribution < -0.4 is 4.74 Å². The van der Waals surface area contributed by atoms with E-state index in [1.807, 2.05) is 54.5 Å². The van der Waals surface area contributed by atoms with Gasteiger partial charge in [0.05, 0.1) is 12.1 Å². The third-order valence-corrected chi connectivity index (χ3v) is 5.59. The molecule has 0 aliphatic rings. The molecule has 0 N–H and O–H groups in total. The van der Waals surface area contributed by atoms with E-state index in [-0.39, 0.29) is 18.9 Å². The van der Waals surface area contributed by atoms with Crippen molar-refractivity contribution in [1.82, 2.24) is 19.5 Å². The summed E-state index contributed by atoms with van der Waals surface area (Å²) in [5.74, 6) is 0.668. The molecule has 3 rings (SSSR count). The van der Waals surface area contributed by atoms with Crippen molar-refractivity contribution < 1.29 is 13.9 Å². The lowest BCUT2D eigenvalue weighted by Crippen LogP contribution is -2.31. The van der Waals surface area contributed by atoms with Crippen LogP contribution in [-0.4, -0.2) is 51.8 Å². The van der Waals surface area contributed by atoms with E-state index in [1.54, 1.807) is 0 Å². The molecule has 1 amide bonds. The van der Waals surface area contributed by atoms with Crippen LogP contribution >= 0.6 is 0 Å². The van der Waals surface area contributed by atoms with Gasteiger partial charge in [-0.05, 0) is 63.9 Å². The number of unbranched alkanes of at least 4 members (excludes halogenated alkanes) is 1. The highest BCUT2D eigenvalue weighted by molar-refractivity contribution is 5.84. The molecule has 0 saturated heterocycles. The molecular weight excluding hydrogens is 407 g/mol. The molecule has 6 nitrogen and oxygen atoms in total. The quantitative estimate of drug-likeness (QED) is 0.429. The summed E-state index contributed by atoms with van der Waals surface area (Å²) < 4.78 is 19.7. The largest absolute Gasteiger partial charge is 0.491 e. The van der Waals surface area contributed by atoms with Crippen molar-refractivity contribution in [2.75, 3.05) is 26.4 Å². The molecule has 0 aliphatic carbocycles. The Hall–Kier alpha value is -2.96. The SMILES string of the molecule is CCCCc1cc(C)nc2c(CC(=O)N(CC)CC)c(-c3ccc(OCCF)cc3)nn12. The summed E-state index contributed by atoms with van der Waals surface area (Å²) in [6, 6.07) is 9.49. The van der Waals surface area contributed by atoms with Gasteiger partial charge in [0.1, 0.15) is 19.0 Å². The lowest BCUT2D eigenvalue weighted by Gasteiger charge is -2.18. The fourth-order valence-electron chi connectivity index (χ4n) is 3.89. The Morgan fingerprint density at radius 1 is 1.16 bits per heavy atom. The number of alkyl halides is 1. The smallest absolute Gasteiger partial charge is 0.227 e. The zero-order valence-electron chi connectivity index (χ0n) is 19.5. The number of amides is 1. The Morgan fingerprint density at radius 2 is 1.88 bits per heavy atom. The first kappa shape index (κ1) is 23.7. The Morgan fingerprint density at radius 3 is 2.50 bits per heavy atom. The van der Waals surface area contributed by atoms with E-state index in [9.17, 15) is 9.18 Å². The van der Waals surface area contributed by atoms with Gasteiger partial charge in [0.25, 0.3) is 0 Å². The van der Waals surface area contributed by atoms with Gasteiger partial charge >= 0.3 is 0 Å². The number of benzene rings is 1. The molecule has 2 aromatic heterocycles. The number of ether oxygens (including phenoxy) is 1. The van der Waals surface area contributed by atoms with Crippen molar-refractivity contribution >= 4 is 11.6 Å². The molecular formula is C25H33FN4O2. The predicted molar refractivity (Wildman–Crippen MR) is 125 cm³/mol. The number of carbonyl (C=O) groups excluding carboxylic acids is 1. The van der Waals surface area contributed by atoms with Gasteiger partial charge in [-0.15, -0.1) is 0 Å². The van der Waals surface area contributed by atoms with Crippen molar-refractivity contribution in [3.8, 4) is 17.0 Å². The lowest BCUT2D eigenvalue weighted by atomic mass is 10.0. The first-order valence-corrected chi connectivity index (χ1v) is 11.5. The fraction of sp³-hybridized carbons (Fsp3) is 0.480. The molecule has 2 heterocycles. The van der Waals surface area contributed by atoms with Gasteiger partial charge in [-0.2, -0.15) is 5.10 Å². The molecule has 7 heteroatoms. The van der Waals surface area contributed by atoms with Crippen LogP contribution in [0.4, 0.5) is 4.39 Å². The first-order valence-electron chi connectivity index (χ1n) is 11.5. The van der Waals surface area contributed by atoms with E-state index < -0.39 is 6.67 Å². The zero-order chi connectivity index (χ0) is 23.1. The van der Waals surface area contributed by atoms with Crippen LogP contribution in [-0.2, 0) is 17.6 Å². The molecule has 32 heavy (non-hydrogen) atoms. The number of likely N-dealkylation sites (N-methyl/N-ethyl adjacent to an activating group) is 1. The van der Waals surface area contributed by atoms with Gasteiger partial charge in [0.2, 0.25) is 5.91 Å². The standard InChI is InChI=1S/C25H33FN4O2/c1-5-8-9-20-16-18(4)27-25-22(17-23(31)29(6-2)7-3)24(28-30(20)25)19-10-12-21(13-11-19)32-15-14-26/h10-13,16H,5-9,14-15,17H2,1-4H3. The molecule has 0 radical (unpaired) electrons. The van der Waals surface area contributed by atoms with Gasteiger partial charge in [-0.3, -0.25) is 4.79 Å². The number of fused-ring (bicyclic) bond motifs is 1. The Bertz CT molecular complexity index is 1040. The summed E-state index contributed by atoms with van der Waals surface area (Å²) in [4.78, 5) is 19.6. The number of nitrogens with zero attached hydrogens (tertiary/aromatic N) is 4. The maximum Gasteiger partial charge on any atom is 0.227 e. The van der Waals surface area contributed by atoms with Crippen molar-refractivity contribution in [3.05, 3.63) is 47.3 Å². The van der Waals surface area contributed by atoms with Crippen LogP contribution in [0.2, 0.25) is 0 Å². The minimum atomic E-state index is -0.530. The summed E-state index contributed by atoms with van der Waals surface area (Å²) in [6.07, 6.45) is 3.29. The highest BCUT2D eigenvalue weighted by Gasteiger charge is 2.22. The average Bonchev–Trinajstić information content (AvgIpc) is 3.15. The molecule has 0 unspecified atom stereocenters. The van der Waals surface area contributed by atoms with Gasteiger partial charge in [0.15, 0.2) is 5.65 Å². The van der Waals surface area contributed by atoms with Gasteiger partial charge in [0, 0.05) is 35.6 Å². The van der Waals surface area contributed by atoms with Crippen molar-refractivity contribution in [2.24, 2.45) is 0 Å². The molecule has 0 atom stereocenters. The molecule has 0 bridgehead atoms.